The van der Waals surface area contributed by atoms with Gasteiger partial charge in [-0.15, -0.1) is 0 Å². The summed E-state index contributed by atoms with van der Waals surface area (Å²) in [7, 11) is -0.322. The minimum absolute atomic E-state index is 0.162. The number of nitrogens with zero attached hydrogens (tertiary/aromatic N) is 2. The molecule has 1 aliphatic heterocycles. The maximum absolute atomic E-state index is 12.2. The van der Waals surface area contributed by atoms with Crippen LogP contribution in [-0.2, 0) is 16.6 Å². The number of piperidine rings is 1. The lowest BCUT2D eigenvalue weighted by Gasteiger charge is -2.34. The first-order chi connectivity index (χ1) is 9.95. The summed E-state index contributed by atoms with van der Waals surface area (Å²) in [6, 6.07) is 7.27. The maximum Gasteiger partial charge on any atom is 0.242 e. The Morgan fingerprint density at radius 3 is 2.76 bits per heavy atom. The van der Waals surface area contributed by atoms with E-state index in [9.17, 15) is 13.5 Å². The molecule has 2 rings (SSSR count). The van der Waals surface area contributed by atoms with E-state index in [1.54, 1.807) is 18.2 Å². The van der Waals surface area contributed by atoms with Crippen molar-refractivity contribution in [1.82, 2.24) is 9.21 Å². The van der Waals surface area contributed by atoms with Crippen LogP contribution >= 0.6 is 0 Å². The van der Waals surface area contributed by atoms with Crippen LogP contribution in [0.3, 0.4) is 0 Å². The Hall–Kier alpha value is -0.950. The molecule has 5 nitrogen and oxygen atoms in total. The monoisotopic (exact) mass is 312 g/mol. The minimum atomic E-state index is -3.39. The molecule has 0 spiro atoms. The maximum atomic E-state index is 12.2. The highest BCUT2D eigenvalue weighted by molar-refractivity contribution is 7.89. The van der Waals surface area contributed by atoms with Crippen molar-refractivity contribution in [3.63, 3.8) is 0 Å². The lowest BCUT2D eigenvalue weighted by Crippen LogP contribution is -2.41. The van der Waals surface area contributed by atoms with Crippen molar-refractivity contribution in [3.05, 3.63) is 29.8 Å². The van der Waals surface area contributed by atoms with Crippen LogP contribution in [0.4, 0.5) is 0 Å². The van der Waals surface area contributed by atoms with E-state index in [0.717, 1.165) is 31.4 Å². The molecular weight excluding hydrogens is 288 g/mol. The zero-order chi connectivity index (χ0) is 15.5. The fraction of sp³-hybridized carbons (Fsp3) is 0.600. The minimum Gasteiger partial charge on any atom is -0.395 e. The van der Waals surface area contributed by atoms with Gasteiger partial charge in [-0.1, -0.05) is 18.6 Å². The third kappa shape index (κ3) is 3.83. The third-order valence-electron chi connectivity index (χ3n) is 4.02. The van der Waals surface area contributed by atoms with Gasteiger partial charge in [-0.3, -0.25) is 4.90 Å². The van der Waals surface area contributed by atoms with Gasteiger partial charge in [-0.25, -0.2) is 12.7 Å². The number of benzene rings is 1. The highest BCUT2D eigenvalue weighted by Gasteiger charge is 2.22. The Morgan fingerprint density at radius 1 is 1.33 bits per heavy atom. The second kappa shape index (κ2) is 6.87. The molecule has 1 aliphatic rings. The first-order valence-corrected chi connectivity index (χ1v) is 8.75. The smallest absolute Gasteiger partial charge is 0.242 e. The summed E-state index contributed by atoms with van der Waals surface area (Å²) < 4.78 is 25.6. The third-order valence-corrected chi connectivity index (χ3v) is 5.83. The molecule has 0 unspecified atom stereocenters. The van der Waals surface area contributed by atoms with Gasteiger partial charge in [0.15, 0.2) is 0 Å². The van der Waals surface area contributed by atoms with Crippen LogP contribution in [0.25, 0.3) is 0 Å². The molecule has 118 valence electrons. The molecule has 1 atom stereocenters. The van der Waals surface area contributed by atoms with Gasteiger partial charge in [0, 0.05) is 26.7 Å². The molecule has 0 amide bonds. The van der Waals surface area contributed by atoms with Crippen molar-refractivity contribution in [1.29, 1.82) is 0 Å². The van der Waals surface area contributed by atoms with Gasteiger partial charge in [0.2, 0.25) is 10.0 Å². The number of hydrogen-bond donors (Lipinski definition) is 1. The van der Waals surface area contributed by atoms with Crippen molar-refractivity contribution in [2.24, 2.45) is 0 Å². The molecule has 6 heteroatoms. The zero-order valence-corrected chi connectivity index (χ0v) is 13.5. The zero-order valence-electron chi connectivity index (χ0n) is 12.7. The molecule has 0 radical (unpaired) electrons. The SMILES string of the molecule is CN(C)S(=O)(=O)c1cccc(CN2CCCC[C@@H]2CO)c1. The normalized spacial score (nSPS) is 20.9. The van der Waals surface area contributed by atoms with Crippen LogP contribution in [0, 0.1) is 0 Å². The molecule has 0 aliphatic carbocycles. The second-order valence-corrected chi connectivity index (χ2v) is 7.89. The van der Waals surface area contributed by atoms with Gasteiger partial charge < -0.3 is 5.11 Å². The summed E-state index contributed by atoms with van der Waals surface area (Å²) in [5.74, 6) is 0. The Bertz CT molecular complexity index is 572. The van der Waals surface area contributed by atoms with E-state index in [1.165, 1.54) is 18.4 Å². The molecule has 0 bridgehead atoms. The predicted molar refractivity (Wildman–Crippen MR) is 82.4 cm³/mol. The summed E-state index contributed by atoms with van der Waals surface area (Å²) in [6.45, 7) is 1.80. The number of aliphatic hydroxyl groups is 1. The van der Waals surface area contributed by atoms with Gasteiger partial charge in [0.05, 0.1) is 11.5 Å². The van der Waals surface area contributed by atoms with Gasteiger partial charge in [-0.2, -0.15) is 0 Å². The van der Waals surface area contributed by atoms with E-state index in [1.807, 2.05) is 6.07 Å². The van der Waals surface area contributed by atoms with Gasteiger partial charge in [-0.05, 0) is 37.1 Å². The quantitative estimate of drug-likeness (QED) is 0.890. The second-order valence-electron chi connectivity index (χ2n) is 5.74. The van der Waals surface area contributed by atoms with E-state index in [2.05, 4.69) is 4.90 Å². The van der Waals surface area contributed by atoms with Crippen LogP contribution in [0.1, 0.15) is 24.8 Å². The molecule has 1 aromatic carbocycles. The average molecular weight is 312 g/mol. The lowest BCUT2D eigenvalue weighted by atomic mass is 10.0. The Balaban J connectivity index is 2.18. The molecule has 1 N–H and O–H groups in total. The molecule has 21 heavy (non-hydrogen) atoms. The number of hydrogen-bond acceptors (Lipinski definition) is 4. The first kappa shape index (κ1) is 16.4. The molecule has 0 aromatic heterocycles. The molecular formula is C15H24N2O3S. The van der Waals surface area contributed by atoms with Crippen molar-refractivity contribution >= 4 is 10.0 Å². The first-order valence-electron chi connectivity index (χ1n) is 7.31. The Labute approximate surface area is 127 Å². The van der Waals surface area contributed by atoms with E-state index < -0.39 is 10.0 Å². The summed E-state index contributed by atoms with van der Waals surface area (Å²) in [5, 5.41) is 9.45. The number of rotatable bonds is 5. The van der Waals surface area contributed by atoms with Gasteiger partial charge in [0.1, 0.15) is 0 Å². The van der Waals surface area contributed by atoms with Crippen molar-refractivity contribution < 1.29 is 13.5 Å². The van der Waals surface area contributed by atoms with Crippen LogP contribution in [0.2, 0.25) is 0 Å². The van der Waals surface area contributed by atoms with E-state index in [4.69, 9.17) is 0 Å². The standard InChI is InChI=1S/C15H24N2O3S/c1-16(2)21(19,20)15-8-5-6-13(10-15)11-17-9-4-3-7-14(17)12-18/h5-6,8,10,14,18H,3-4,7,9,11-12H2,1-2H3/t14-/m1/s1. The van der Waals surface area contributed by atoms with Crippen molar-refractivity contribution in [2.75, 3.05) is 27.2 Å². The summed E-state index contributed by atoms with van der Waals surface area (Å²) >= 11 is 0. The van der Waals surface area contributed by atoms with Crippen LogP contribution in [0.5, 0.6) is 0 Å². The van der Waals surface area contributed by atoms with Crippen LogP contribution in [0.15, 0.2) is 29.2 Å². The Kier molecular flexibility index (Phi) is 5.37. The number of likely N-dealkylation sites (tertiary alicyclic amines) is 1. The largest absolute Gasteiger partial charge is 0.395 e. The number of sulfonamides is 1. The van der Waals surface area contributed by atoms with Gasteiger partial charge >= 0.3 is 0 Å². The molecule has 1 fully saturated rings. The Morgan fingerprint density at radius 2 is 2.10 bits per heavy atom. The van der Waals surface area contributed by atoms with Crippen molar-refractivity contribution in [3.8, 4) is 0 Å². The highest BCUT2D eigenvalue weighted by atomic mass is 32.2. The summed E-state index contributed by atoms with van der Waals surface area (Å²) in [4.78, 5) is 2.56. The average Bonchev–Trinajstić information content (AvgIpc) is 2.48. The van der Waals surface area contributed by atoms with Crippen LogP contribution in [-0.4, -0.2) is 56.0 Å². The summed E-state index contributed by atoms with van der Waals surface area (Å²) in [6.07, 6.45) is 3.29. The predicted octanol–water partition coefficient (Wildman–Crippen LogP) is 1.28. The van der Waals surface area contributed by atoms with Crippen LogP contribution < -0.4 is 0 Å². The number of aliphatic hydroxyl groups excluding tert-OH is 1. The van der Waals surface area contributed by atoms with E-state index >= 15 is 0 Å². The fourth-order valence-electron chi connectivity index (χ4n) is 2.72. The van der Waals surface area contributed by atoms with E-state index in [-0.39, 0.29) is 12.6 Å². The highest BCUT2D eigenvalue weighted by Crippen LogP contribution is 2.21. The van der Waals surface area contributed by atoms with Crippen molar-refractivity contribution in [2.45, 2.75) is 36.7 Å². The van der Waals surface area contributed by atoms with Gasteiger partial charge in [0.25, 0.3) is 0 Å². The fourth-order valence-corrected chi connectivity index (χ4v) is 3.70. The molecule has 1 saturated heterocycles. The lowest BCUT2D eigenvalue weighted by molar-refractivity contribution is 0.0841. The molecule has 1 heterocycles. The topological polar surface area (TPSA) is 60.9 Å². The summed E-state index contributed by atoms with van der Waals surface area (Å²) in [5.41, 5.74) is 0.971. The van der Waals surface area contributed by atoms with E-state index in [0.29, 0.717) is 11.4 Å². The molecule has 0 saturated carbocycles. The molecule has 1 aromatic rings.